The van der Waals surface area contributed by atoms with Crippen LogP contribution in [0.4, 0.5) is 5.69 Å². The van der Waals surface area contributed by atoms with Gasteiger partial charge < -0.3 is 14.7 Å². The first-order valence-electron chi connectivity index (χ1n) is 7.38. The standard InChI is InChI=1S/C17H15N3O3/c21-16-14-4-2-1-3-13(14)15(18-19-16)11-5-7-12(8-6-11)20-9-10-23-17(20)22/h1-8,17,22H,9-10H2,(H,19,21). The average Bonchev–Trinajstić information content (AvgIpc) is 3.02. The maximum absolute atomic E-state index is 11.9. The van der Waals surface area contributed by atoms with Crippen LogP contribution in [-0.4, -0.2) is 34.9 Å². The van der Waals surface area contributed by atoms with Gasteiger partial charge in [-0.25, -0.2) is 5.10 Å². The van der Waals surface area contributed by atoms with Crippen molar-refractivity contribution in [3.05, 3.63) is 58.9 Å². The average molecular weight is 309 g/mol. The van der Waals surface area contributed by atoms with Crippen molar-refractivity contribution in [2.45, 2.75) is 6.41 Å². The first-order chi connectivity index (χ1) is 11.2. The lowest BCUT2D eigenvalue weighted by atomic mass is 10.0. The second-order valence-corrected chi connectivity index (χ2v) is 5.38. The van der Waals surface area contributed by atoms with Gasteiger partial charge in [0, 0.05) is 23.2 Å². The lowest BCUT2D eigenvalue weighted by molar-refractivity contribution is -0.0573. The van der Waals surface area contributed by atoms with Gasteiger partial charge in [0.05, 0.1) is 17.7 Å². The number of H-pyrrole nitrogens is 1. The zero-order valence-corrected chi connectivity index (χ0v) is 12.3. The Bertz CT molecular complexity index is 905. The van der Waals surface area contributed by atoms with E-state index >= 15 is 0 Å². The zero-order chi connectivity index (χ0) is 15.8. The van der Waals surface area contributed by atoms with Crippen molar-refractivity contribution in [2.24, 2.45) is 0 Å². The number of ether oxygens (including phenoxy) is 1. The maximum Gasteiger partial charge on any atom is 0.272 e. The van der Waals surface area contributed by atoms with Crippen LogP contribution in [0.5, 0.6) is 0 Å². The lowest BCUT2D eigenvalue weighted by Gasteiger charge is -2.20. The Morgan fingerprint density at radius 1 is 1.13 bits per heavy atom. The molecule has 0 aliphatic carbocycles. The number of aliphatic hydroxyl groups excluding tert-OH is 1. The molecule has 4 rings (SSSR count). The number of hydrogen-bond acceptors (Lipinski definition) is 5. The molecule has 1 aliphatic rings. The monoisotopic (exact) mass is 309 g/mol. The van der Waals surface area contributed by atoms with Crippen LogP contribution in [-0.2, 0) is 4.74 Å². The first kappa shape index (κ1) is 13.9. The van der Waals surface area contributed by atoms with E-state index in [0.717, 1.165) is 22.3 Å². The molecule has 0 amide bonds. The minimum Gasteiger partial charge on any atom is -0.351 e. The van der Waals surface area contributed by atoms with Gasteiger partial charge in [-0.05, 0) is 18.2 Å². The van der Waals surface area contributed by atoms with Crippen molar-refractivity contribution in [2.75, 3.05) is 18.1 Å². The number of anilines is 1. The highest BCUT2D eigenvalue weighted by molar-refractivity contribution is 5.93. The van der Waals surface area contributed by atoms with Crippen molar-refractivity contribution in [1.82, 2.24) is 10.2 Å². The third kappa shape index (κ3) is 2.38. The minimum absolute atomic E-state index is 0.196. The van der Waals surface area contributed by atoms with Gasteiger partial charge in [-0.1, -0.05) is 30.3 Å². The molecule has 116 valence electrons. The summed E-state index contributed by atoms with van der Waals surface area (Å²) in [6.07, 6.45) is -0.895. The van der Waals surface area contributed by atoms with Gasteiger partial charge in [0.1, 0.15) is 0 Å². The fourth-order valence-corrected chi connectivity index (χ4v) is 2.86. The van der Waals surface area contributed by atoms with Crippen molar-refractivity contribution in [3.8, 4) is 11.3 Å². The molecule has 2 N–H and O–H groups in total. The molecular weight excluding hydrogens is 294 g/mol. The number of hydrogen-bond donors (Lipinski definition) is 2. The summed E-state index contributed by atoms with van der Waals surface area (Å²) >= 11 is 0. The SMILES string of the molecule is O=c1[nH]nc(-c2ccc(N3CCOC3O)cc2)c2ccccc12. The van der Waals surface area contributed by atoms with E-state index in [1.807, 2.05) is 42.5 Å². The molecule has 6 heteroatoms. The fourth-order valence-electron chi connectivity index (χ4n) is 2.86. The van der Waals surface area contributed by atoms with E-state index in [9.17, 15) is 9.90 Å². The molecule has 0 radical (unpaired) electrons. The second kappa shape index (κ2) is 5.49. The van der Waals surface area contributed by atoms with Crippen LogP contribution < -0.4 is 10.5 Å². The molecule has 0 spiro atoms. The minimum atomic E-state index is -0.895. The van der Waals surface area contributed by atoms with Gasteiger partial charge in [-0.15, -0.1) is 0 Å². The molecule has 1 atom stereocenters. The maximum atomic E-state index is 11.9. The zero-order valence-electron chi connectivity index (χ0n) is 12.3. The summed E-state index contributed by atoms with van der Waals surface area (Å²) in [7, 11) is 0. The third-order valence-electron chi connectivity index (χ3n) is 4.03. The molecule has 3 aromatic rings. The molecule has 1 unspecified atom stereocenters. The molecule has 2 heterocycles. The summed E-state index contributed by atoms with van der Waals surface area (Å²) in [5.74, 6) is 0. The van der Waals surface area contributed by atoms with Crippen molar-refractivity contribution in [1.29, 1.82) is 0 Å². The Balaban J connectivity index is 1.77. The molecule has 6 nitrogen and oxygen atoms in total. The number of aromatic nitrogens is 2. The number of aliphatic hydroxyl groups is 1. The van der Waals surface area contributed by atoms with E-state index in [1.54, 1.807) is 11.0 Å². The highest BCUT2D eigenvalue weighted by Crippen LogP contribution is 2.27. The molecule has 1 aliphatic heterocycles. The van der Waals surface area contributed by atoms with Gasteiger partial charge in [-0.3, -0.25) is 4.79 Å². The summed E-state index contributed by atoms with van der Waals surface area (Å²) in [6.45, 7) is 1.16. The Kier molecular flexibility index (Phi) is 3.33. The van der Waals surface area contributed by atoms with Crippen LogP contribution in [0, 0.1) is 0 Å². The normalized spacial score (nSPS) is 17.8. The molecule has 23 heavy (non-hydrogen) atoms. The van der Waals surface area contributed by atoms with Gasteiger partial charge in [0.25, 0.3) is 5.56 Å². The van der Waals surface area contributed by atoms with Crippen LogP contribution in [0.1, 0.15) is 0 Å². The Hall–Kier alpha value is -2.70. The first-order valence-corrected chi connectivity index (χ1v) is 7.38. The summed E-state index contributed by atoms with van der Waals surface area (Å²) in [4.78, 5) is 13.6. The number of aromatic amines is 1. The van der Waals surface area contributed by atoms with Crippen LogP contribution >= 0.6 is 0 Å². The van der Waals surface area contributed by atoms with Crippen LogP contribution in [0.2, 0.25) is 0 Å². The topological polar surface area (TPSA) is 78.5 Å². The molecular formula is C17H15N3O3. The molecule has 0 bridgehead atoms. The number of nitrogens with zero attached hydrogens (tertiary/aromatic N) is 2. The van der Waals surface area contributed by atoms with Crippen LogP contribution in [0.15, 0.2) is 53.3 Å². The van der Waals surface area contributed by atoms with E-state index in [4.69, 9.17) is 4.74 Å². The summed E-state index contributed by atoms with van der Waals surface area (Å²) in [6, 6.07) is 15.1. The highest BCUT2D eigenvalue weighted by atomic mass is 16.6. The Labute approximate surface area is 131 Å². The van der Waals surface area contributed by atoms with E-state index in [0.29, 0.717) is 18.5 Å². The number of fused-ring (bicyclic) bond motifs is 1. The number of rotatable bonds is 2. The Morgan fingerprint density at radius 3 is 2.57 bits per heavy atom. The van der Waals surface area contributed by atoms with Gasteiger partial charge in [0.2, 0.25) is 6.41 Å². The smallest absolute Gasteiger partial charge is 0.272 e. The molecule has 0 saturated carbocycles. The molecule has 1 saturated heterocycles. The molecule has 1 fully saturated rings. The largest absolute Gasteiger partial charge is 0.351 e. The number of nitrogens with one attached hydrogen (secondary N) is 1. The van der Waals surface area contributed by atoms with Gasteiger partial charge in [0.15, 0.2) is 0 Å². The Morgan fingerprint density at radius 2 is 1.87 bits per heavy atom. The van der Waals surface area contributed by atoms with E-state index in [2.05, 4.69) is 10.2 Å². The summed E-state index contributed by atoms with van der Waals surface area (Å²) < 4.78 is 5.13. The van der Waals surface area contributed by atoms with Crippen molar-refractivity contribution in [3.63, 3.8) is 0 Å². The van der Waals surface area contributed by atoms with Crippen LogP contribution in [0.25, 0.3) is 22.0 Å². The molecule has 2 aromatic carbocycles. The predicted octanol–water partition coefficient (Wildman–Crippen LogP) is 1.70. The van der Waals surface area contributed by atoms with Crippen LogP contribution in [0.3, 0.4) is 0 Å². The molecule has 1 aromatic heterocycles. The fraction of sp³-hybridized carbons (Fsp3) is 0.176. The third-order valence-corrected chi connectivity index (χ3v) is 4.03. The van der Waals surface area contributed by atoms with Crippen molar-refractivity contribution < 1.29 is 9.84 Å². The van der Waals surface area contributed by atoms with Gasteiger partial charge >= 0.3 is 0 Å². The van der Waals surface area contributed by atoms with E-state index < -0.39 is 6.41 Å². The van der Waals surface area contributed by atoms with Gasteiger partial charge in [-0.2, -0.15) is 5.10 Å². The summed E-state index contributed by atoms with van der Waals surface area (Å²) in [5.41, 5.74) is 2.31. The van der Waals surface area contributed by atoms with E-state index in [1.165, 1.54) is 0 Å². The predicted molar refractivity (Wildman–Crippen MR) is 87.1 cm³/mol. The lowest BCUT2D eigenvalue weighted by Crippen LogP contribution is -2.29. The highest BCUT2D eigenvalue weighted by Gasteiger charge is 2.22. The summed E-state index contributed by atoms with van der Waals surface area (Å²) in [5, 5.41) is 17.9. The number of benzene rings is 2. The quantitative estimate of drug-likeness (QED) is 0.753. The van der Waals surface area contributed by atoms with Crippen molar-refractivity contribution >= 4 is 16.5 Å². The second-order valence-electron chi connectivity index (χ2n) is 5.38. The van der Waals surface area contributed by atoms with E-state index in [-0.39, 0.29) is 5.56 Å².